The topological polar surface area (TPSA) is 49.8 Å². The van der Waals surface area contributed by atoms with Crippen LogP contribution < -0.4 is 9.64 Å². The van der Waals surface area contributed by atoms with Crippen LogP contribution in [0.15, 0.2) is 78.9 Å². The van der Waals surface area contributed by atoms with Gasteiger partial charge in [0, 0.05) is 5.69 Å². The Kier molecular flexibility index (Phi) is 4.55. The maximum absolute atomic E-state index is 13.0. The van der Waals surface area contributed by atoms with Crippen LogP contribution >= 0.6 is 0 Å². The molecule has 4 rings (SSSR count). The third kappa shape index (κ3) is 3.26. The van der Waals surface area contributed by atoms with Crippen molar-refractivity contribution >= 4 is 11.6 Å². The number of benzene rings is 3. The molecule has 27 heavy (non-hydrogen) atoms. The number of phenols is 1. The van der Waals surface area contributed by atoms with Crippen molar-refractivity contribution in [2.75, 3.05) is 12.0 Å². The Morgan fingerprint density at radius 2 is 1.59 bits per heavy atom. The fourth-order valence-electron chi connectivity index (χ4n) is 3.70. The molecule has 3 aromatic carbocycles. The summed E-state index contributed by atoms with van der Waals surface area (Å²) < 4.78 is 5.22. The molecule has 1 amide bonds. The molecule has 4 nitrogen and oxygen atoms in total. The monoisotopic (exact) mass is 359 g/mol. The molecule has 0 saturated carbocycles. The molecular weight excluding hydrogens is 338 g/mol. The number of ether oxygens (including phenoxy) is 1. The largest absolute Gasteiger partial charge is 0.508 e. The van der Waals surface area contributed by atoms with Crippen LogP contribution in [-0.4, -0.2) is 18.1 Å². The molecule has 0 radical (unpaired) electrons. The lowest BCUT2D eigenvalue weighted by molar-refractivity contribution is -0.130. The summed E-state index contributed by atoms with van der Waals surface area (Å²) in [5.74, 6) is 0.967. The molecule has 0 spiro atoms. The number of rotatable bonds is 5. The predicted molar refractivity (Wildman–Crippen MR) is 105 cm³/mol. The van der Waals surface area contributed by atoms with Crippen LogP contribution in [0, 0.1) is 5.92 Å². The molecule has 1 saturated heterocycles. The number of carbonyl (C=O) groups is 1. The predicted octanol–water partition coefficient (Wildman–Crippen LogP) is 4.35. The minimum absolute atomic E-state index is 0.0632. The first-order chi connectivity index (χ1) is 13.2. The molecule has 4 heteroatoms. The third-order valence-electron chi connectivity index (χ3n) is 5.10. The van der Waals surface area contributed by atoms with Gasteiger partial charge in [0.15, 0.2) is 0 Å². The summed E-state index contributed by atoms with van der Waals surface area (Å²) in [5.41, 5.74) is 3.02. The lowest BCUT2D eigenvalue weighted by Crippen LogP contribution is -2.56. The SMILES string of the molecule is COc1ccc(N2C(=O)[C@H](Cc3ccccc3)[C@H]2c2ccc(O)cc2)cc1. The number of carbonyl (C=O) groups excluding carboxylic acids is 1. The number of hydrogen-bond acceptors (Lipinski definition) is 3. The van der Waals surface area contributed by atoms with Gasteiger partial charge in [0.2, 0.25) is 5.91 Å². The van der Waals surface area contributed by atoms with Gasteiger partial charge in [-0.3, -0.25) is 4.79 Å². The minimum atomic E-state index is -0.126. The Hall–Kier alpha value is -3.27. The highest BCUT2D eigenvalue weighted by atomic mass is 16.5. The molecular formula is C23H21NO3. The molecule has 0 aliphatic carbocycles. The first kappa shape index (κ1) is 17.2. The van der Waals surface area contributed by atoms with Crippen molar-refractivity contribution in [1.82, 2.24) is 0 Å². The number of aromatic hydroxyl groups is 1. The number of anilines is 1. The third-order valence-corrected chi connectivity index (χ3v) is 5.10. The van der Waals surface area contributed by atoms with E-state index in [-0.39, 0.29) is 23.6 Å². The Balaban J connectivity index is 1.67. The van der Waals surface area contributed by atoms with Gasteiger partial charge < -0.3 is 14.7 Å². The summed E-state index contributed by atoms with van der Waals surface area (Å²) in [5, 5.41) is 9.63. The van der Waals surface area contributed by atoms with E-state index in [0.29, 0.717) is 6.42 Å². The second kappa shape index (κ2) is 7.16. The average Bonchev–Trinajstić information content (AvgIpc) is 2.72. The van der Waals surface area contributed by atoms with Gasteiger partial charge in [-0.15, -0.1) is 0 Å². The van der Waals surface area contributed by atoms with E-state index in [2.05, 4.69) is 12.1 Å². The Labute approximate surface area is 158 Å². The smallest absolute Gasteiger partial charge is 0.233 e. The first-order valence-electron chi connectivity index (χ1n) is 8.97. The highest BCUT2D eigenvalue weighted by Gasteiger charge is 2.48. The van der Waals surface area contributed by atoms with Crippen molar-refractivity contribution in [2.24, 2.45) is 5.92 Å². The Morgan fingerprint density at radius 1 is 0.926 bits per heavy atom. The number of methoxy groups -OCH3 is 1. The van der Waals surface area contributed by atoms with Crippen LogP contribution in [0.4, 0.5) is 5.69 Å². The maximum Gasteiger partial charge on any atom is 0.233 e. The van der Waals surface area contributed by atoms with Crippen LogP contribution in [0.3, 0.4) is 0 Å². The van der Waals surface area contributed by atoms with E-state index in [4.69, 9.17) is 4.74 Å². The number of hydrogen-bond donors (Lipinski definition) is 1. The van der Waals surface area contributed by atoms with Crippen LogP contribution in [0.1, 0.15) is 17.2 Å². The van der Waals surface area contributed by atoms with Gasteiger partial charge in [0.05, 0.1) is 19.1 Å². The molecule has 3 aromatic rings. The van der Waals surface area contributed by atoms with E-state index >= 15 is 0 Å². The quantitative estimate of drug-likeness (QED) is 0.689. The van der Waals surface area contributed by atoms with Crippen molar-refractivity contribution in [3.8, 4) is 11.5 Å². The molecule has 0 bridgehead atoms. The molecule has 1 heterocycles. The molecule has 2 atom stereocenters. The Morgan fingerprint density at radius 3 is 2.22 bits per heavy atom. The van der Waals surface area contributed by atoms with Crippen LogP contribution in [0.25, 0.3) is 0 Å². The number of β-lactam (4-membered cyclic amide) rings is 1. The van der Waals surface area contributed by atoms with E-state index < -0.39 is 0 Å². The molecule has 0 aromatic heterocycles. The lowest BCUT2D eigenvalue weighted by atomic mass is 9.78. The standard InChI is InChI=1S/C23H21NO3/c1-27-20-13-9-18(10-14-20)24-22(17-7-11-19(25)12-8-17)21(23(24)26)15-16-5-3-2-4-6-16/h2-14,21-22,25H,15H2,1H3/t21-,22-/m1/s1. The molecule has 1 aliphatic heterocycles. The van der Waals surface area contributed by atoms with Gasteiger partial charge in [0.1, 0.15) is 11.5 Å². The summed E-state index contributed by atoms with van der Waals surface area (Å²) in [6.07, 6.45) is 0.692. The highest BCUT2D eigenvalue weighted by molar-refractivity contribution is 6.03. The Bertz CT molecular complexity index is 920. The van der Waals surface area contributed by atoms with Crippen molar-refractivity contribution in [2.45, 2.75) is 12.5 Å². The van der Waals surface area contributed by atoms with Gasteiger partial charge in [-0.05, 0) is 53.9 Å². The van der Waals surface area contributed by atoms with E-state index in [1.165, 1.54) is 0 Å². The second-order valence-electron chi connectivity index (χ2n) is 6.74. The van der Waals surface area contributed by atoms with Crippen molar-refractivity contribution in [3.63, 3.8) is 0 Å². The molecule has 136 valence electrons. The number of phenolic OH excluding ortho intramolecular Hbond substituents is 1. The molecule has 0 unspecified atom stereocenters. The molecule has 1 N–H and O–H groups in total. The van der Waals surface area contributed by atoms with E-state index in [9.17, 15) is 9.90 Å². The van der Waals surface area contributed by atoms with Gasteiger partial charge in [-0.2, -0.15) is 0 Å². The van der Waals surface area contributed by atoms with Crippen LogP contribution in [0.2, 0.25) is 0 Å². The zero-order valence-corrected chi connectivity index (χ0v) is 15.1. The zero-order valence-electron chi connectivity index (χ0n) is 15.1. The lowest BCUT2D eigenvalue weighted by Gasteiger charge is -2.47. The van der Waals surface area contributed by atoms with Crippen LogP contribution in [-0.2, 0) is 11.2 Å². The second-order valence-corrected chi connectivity index (χ2v) is 6.74. The van der Waals surface area contributed by atoms with E-state index in [1.54, 1.807) is 19.2 Å². The summed E-state index contributed by atoms with van der Waals surface area (Å²) in [6, 6.07) is 24.7. The van der Waals surface area contributed by atoms with E-state index in [1.807, 2.05) is 59.5 Å². The van der Waals surface area contributed by atoms with E-state index in [0.717, 1.165) is 22.6 Å². The summed E-state index contributed by atoms with van der Waals surface area (Å²) in [6.45, 7) is 0. The van der Waals surface area contributed by atoms with Gasteiger partial charge in [0.25, 0.3) is 0 Å². The fraction of sp³-hybridized carbons (Fsp3) is 0.174. The highest BCUT2D eigenvalue weighted by Crippen LogP contribution is 2.45. The van der Waals surface area contributed by atoms with Crippen molar-refractivity contribution < 1.29 is 14.6 Å². The fourth-order valence-corrected chi connectivity index (χ4v) is 3.70. The van der Waals surface area contributed by atoms with Gasteiger partial charge in [-0.1, -0.05) is 42.5 Å². The summed E-state index contributed by atoms with van der Waals surface area (Å²) >= 11 is 0. The normalized spacial score (nSPS) is 18.9. The number of amides is 1. The minimum Gasteiger partial charge on any atom is -0.508 e. The molecule has 1 fully saturated rings. The van der Waals surface area contributed by atoms with Crippen LogP contribution in [0.5, 0.6) is 11.5 Å². The molecule has 1 aliphatic rings. The summed E-state index contributed by atoms with van der Waals surface area (Å²) in [4.78, 5) is 14.8. The first-order valence-corrected chi connectivity index (χ1v) is 8.97. The van der Waals surface area contributed by atoms with Crippen molar-refractivity contribution in [1.29, 1.82) is 0 Å². The average molecular weight is 359 g/mol. The van der Waals surface area contributed by atoms with Gasteiger partial charge in [-0.25, -0.2) is 0 Å². The summed E-state index contributed by atoms with van der Waals surface area (Å²) in [7, 11) is 1.62. The van der Waals surface area contributed by atoms with Gasteiger partial charge >= 0.3 is 0 Å². The number of nitrogens with zero attached hydrogens (tertiary/aromatic N) is 1. The van der Waals surface area contributed by atoms with Crippen molar-refractivity contribution in [3.05, 3.63) is 90.0 Å². The zero-order chi connectivity index (χ0) is 18.8. The maximum atomic E-state index is 13.0.